The van der Waals surface area contributed by atoms with E-state index >= 15 is 0 Å². The smallest absolute Gasteiger partial charge is 0.416 e. The molecule has 7 nitrogen and oxygen atoms in total. The molecule has 0 radical (unpaired) electrons. The van der Waals surface area contributed by atoms with Gasteiger partial charge in [-0.05, 0) is 93.3 Å². The Balaban J connectivity index is 1.30. The average Bonchev–Trinajstić information content (AvgIpc) is 3.36. The van der Waals surface area contributed by atoms with Gasteiger partial charge in [-0.25, -0.2) is 0 Å². The highest BCUT2D eigenvalue weighted by molar-refractivity contribution is 7.97. The Morgan fingerprint density at radius 1 is 1.11 bits per heavy atom. The third-order valence-corrected chi connectivity index (χ3v) is 9.73. The number of amidine groups is 1. The van der Waals surface area contributed by atoms with Crippen LogP contribution in [0.25, 0.3) is 0 Å². The van der Waals surface area contributed by atoms with Gasteiger partial charge < -0.3 is 15.0 Å². The molecule has 0 unspecified atom stereocenters. The molecule has 254 valence electrons. The van der Waals surface area contributed by atoms with Crippen LogP contribution in [0.15, 0.2) is 66.7 Å². The first-order valence-electron chi connectivity index (χ1n) is 16.2. The minimum absolute atomic E-state index is 0.0344. The van der Waals surface area contributed by atoms with Crippen LogP contribution in [-0.4, -0.2) is 71.4 Å². The second-order valence-corrected chi connectivity index (χ2v) is 13.3. The van der Waals surface area contributed by atoms with Crippen LogP contribution in [0.3, 0.4) is 0 Å². The Labute approximate surface area is 280 Å². The number of unbranched alkanes of at least 4 members (excludes halogenated alkanes) is 3. The monoisotopic (exact) mass is 670 g/mol. The predicted molar refractivity (Wildman–Crippen MR) is 183 cm³/mol. The molecule has 2 aliphatic rings. The number of amides is 2. The standard InChI is InChI=1S/C36H45F3N4O3S/c1-5-7-9-10-11-17-42(4)33(44)28-13-12-27(26(3)22-28)14-21-47-43-18-15-35(16-19-43)34(45)40-32(41-35)29-23-30(36(37,38)39)25-31(24-29)46-20-8-6-2/h5-6,12-13,22-25H,1-2,7-11,14-21H2,3-4H3,(H,40,41,45). The number of alkyl halides is 3. The second-order valence-electron chi connectivity index (χ2n) is 12.1. The molecule has 0 saturated carbocycles. The van der Waals surface area contributed by atoms with E-state index in [0.29, 0.717) is 37.9 Å². The number of benzene rings is 2. The van der Waals surface area contributed by atoms with Crippen LogP contribution in [0, 0.1) is 6.92 Å². The summed E-state index contributed by atoms with van der Waals surface area (Å²) in [7, 11) is 1.85. The Kier molecular flexibility index (Phi) is 12.7. The lowest BCUT2D eigenvalue weighted by atomic mass is 9.89. The normalized spacial score (nSPS) is 16.1. The summed E-state index contributed by atoms with van der Waals surface area (Å²) < 4.78 is 48.7. The van der Waals surface area contributed by atoms with E-state index in [1.165, 1.54) is 11.6 Å². The highest BCUT2D eigenvalue weighted by Crippen LogP contribution is 2.36. The van der Waals surface area contributed by atoms with E-state index in [2.05, 4.69) is 27.8 Å². The number of piperidine rings is 1. The quantitative estimate of drug-likeness (QED) is 0.115. The van der Waals surface area contributed by atoms with Gasteiger partial charge in [0.15, 0.2) is 0 Å². The minimum Gasteiger partial charge on any atom is -0.493 e. The number of allylic oxidation sites excluding steroid dienone is 1. The molecule has 2 aromatic rings. The molecule has 0 aliphatic carbocycles. The first kappa shape index (κ1) is 36.3. The van der Waals surface area contributed by atoms with E-state index in [0.717, 1.165) is 62.1 Å². The van der Waals surface area contributed by atoms with Crippen LogP contribution in [0.5, 0.6) is 5.75 Å². The summed E-state index contributed by atoms with van der Waals surface area (Å²) in [6.45, 7) is 11.6. The van der Waals surface area contributed by atoms with Crippen LogP contribution < -0.4 is 10.1 Å². The van der Waals surface area contributed by atoms with Gasteiger partial charge in [0.25, 0.3) is 11.8 Å². The van der Waals surface area contributed by atoms with Crippen molar-refractivity contribution in [1.82, 2.24) is 14.5 Å². The van der Waals surface area contributed by atoms with Crippen LogP contribution in [0.2, 0.25) is 0 Å². The molecule has 2 heterocycles. The number of nitrogens with one attached hydrogen (secondary N) is 1. The molecule has 1 fully saturated rings. The lowest BCUT2D eigenvalue weighted by Gasteiger charge is -2.34. The molecule has 47 heavy (non-hydrogen) atoms. The van der Waals surface area contributed by atoms with E-state index in [1.54, 1.807) is 22.9 Å². The molecular weight excluding hydrogens is 625 g/mol. The fraction of sp³-hybridized carbons (Fsp3) is 0.472. The Morgan fingerprint density at radius 3 is 2.53 bits per heavy atom. The molecule has 2 aromatic carbocycles. The molecule has 11 heteroatoms. The van der Waals surface area contributed by atoms with Crippen molar-refractivity contribution in [2.75, 3.05) is 39.0 Å². The summed E-state index contributed by atoms with van der Waals surface area (Å²) in [4.78, 5) is 32.5. The summed E-state index contributed by atoms with van der Waals surface area (Å²) in [5, 5.41) is 2.74. The molecule has 0 atom stereocenters. The van der Waals surface area contributed by atoms with Crippen molar-refractivity contribution in [1.29, 1.82) is 0 Å². The molecule has 1 saturated heterocycles. The van der Waals surface area contributed by atoms with Crippen LogP contribution in [0.4, 0.5) is 13.2 Å². The first-order valence-corrected chi connectivity index (χ1v) is 17.1. The van der Waals surface area contributed by atoms with Gasteiger partial charge in [0.2, 0.25) is 0 Å². The Hall–Kier alpha value is -3.57. The summed E-state index contributed by atoms with van der Waals surface area (Å²) in [5.41, 5.74) is 1.29. The number of halogens is 3. The molecule has 4 rings (SSSR count). The van der Waals surface area contributed by atoms with Gasteiger partial charge in [0, 0.05) is 43.6 Å². The number of hydrogen-bond donors (Lipinski definition) is 1. The van der Waals surface area contributed by atoms with Crippen LogP contribution >= 0.6 is 11.9 Å². The maximum absolute atomic E-state index is 13.6. The topological polar surface area (TPSA) is 74.2 Å². The Morgan fingerprint density at radius 2 is 1.85 bits per heavy atom. The second kappa shape index (κ2) is 16.5. The minimum atomic E-state index is -4.57. The van der Waals surface area contributed by atoms with E-state index in [9.17, 15) is 22.8 Å². The number of ether oxygens (including phenoxy) is 1. The number of rotatable bonds is 16. The van der Waals surface area contributed by atoms with Crippen molar-refractivity contribution in [3.05, 3.63) is 89.5 Å². The van der Waals surface area contributed by atoms with Crippen LogP contribution in [0.1, 0.15) is 77.6 Å². The fourth-order valence-electron chi connectivity index (χ4n) is 5.75. The number of aryl methyl sites for hydroxylation is 2. The summed E-state index contributed by atoms with van der Waals surface area (Å²) in [6, 6.07) is 9.35. The van der Waals surface area contributed by atoms with Crippen molar-refractivity contribution < 1.29 is 27.5 Å². The van der Waals surface area contributed by atoms with Crippen molar-refractivity contribution in [2.24, 2.45) is 4.99 Å². The van der Waals surface area contributed by atoms with Gasteiger partial charge in [-0.15, -0.1) is 13.2 Å². The van der Waals surface area contributed by atoms with E-state index < -0.39 is 17.3 Å². The lowest BCUT2D eigenvalue weighted by molar-refractivity contribution is -0.137. The first-order chi connectivity index (χ1) is 22.5. The zero-order valence-electron chi connectivity index (χ0n) is 27.3. The summed E-state index contributed by atoms with van der Waals surface area (Å²) >= 11 is 1.71. The van der Waals surface area contributed by atoms with Crippen molar-refractivity contribution in [3.63, 3.8) is 0 Å². The maximum Gasteiger partial charge on any atom is 0.416 e. The summed E-state index contributed by atoms with van der Waals surface area (Å²) in [6.07, 6.45) is 5.38. The molecule has 1 spiro atoms. The van der Waals surface area contributed by atoms with Gasteiger partial charge in [-0.2, -0.15) is 13.2 Å². The third-order valence-electron chi connectivity index (χ3n) is 8.61. The van der Waals surface area contributed by atoms with Gasteiger partial charge in [-0.1, -0.05) is 36.6 Å². The number of carbonyl (C=O) groups is 2. The number of carbonyl (C=O) groups excluding carboxylic acids is 2. The van der Waals surface area contributed by atoms with Gasteiger partial charge >= 0.3 is 6.18 Å². The van der Waals surface area contributed by atoms with E-state index in [-0.39, 0.29) is 35.6 Å². The highest BCUT2D eigenvalue weighted by Gasteiger charge is 2.46. The van der Waals surface area contributed by atoms with Gasteiger partial charge in [0.05, 0.1) is 12.2 Å². The van der Waals surface area contributed by atoms with Crippen LogP contribution in [-0.2, 0) is 17.4 Å². The summed E-state index contributed by atoms with van der Waals surface area (Å²) in [5.74, 6) is 0.795. The molecule has 1 N–H and O–H groups in total. The number of aliphatic imine (C=N–C) groups is 1. The van der Waals surface area contributed by atoms with Crippen molar-refractivity contribution in [2.45, 2.75) is 70.0 Å². The largest absolute Gasteiger partial charge is 0.493 e. The van der Waals surface area contributed by atoms with Crippen molar-refractivity contribution >= 4 is 29.6 Å². The average molecular weight is 671 g/mol. The highest BCUT2D eigenvalue weighted by atomic mass is 32.2. The molecule has 2 amide bonds. The Bertz CT molecular complexity index is 1470. The fourth-order valence-corrected chi connectivity index (χ4v) is 6.76. The predicted octanol–water partition coefficient (Wildman–Crippen LogP) is 7.39. The van der Waals surface area contributed by atoms with Crippen molar-refractivity contribution in [3.8, 4) is 5.75 Å². The molecule has 2 aliphatic heterocycles. The van der Waals surface area contributed by atoms with Gasteiger partial charge in [0.1, 0.15) is 17.1 Å². The third kappa shape index (κ3) is 9.73. The SMILES string of the molecule is C=CCCCCCN(C)C(=O)c1ccc(CCSN2CCC3(CC2)N=C(c2cc(OCCC=C)cc(C(F)(F)F)c2)NC3=O)c(C)c1. The van der Waals surface area contributed by atoms with E-state index in [4.69, 9.17) is 4.74 Å². The zero-order chi connectivity index (χ0) is 34.0. The zero-order valence-corrected chi connectivity index (χ0v) is 28.2. The number of hydrogen-bond acceptors (Lipinski definition) is 6. The number of nitrogens with zero attached hydrogens (tertiary/aromatic N) is 3. The maximum atomic E-state index is 13.6. The van der Waals surface area contributed by atoms with E-state index in [1.807, 2.05) is 38.2 Å². The molecule has 0 bridgehead atoms. The van der Waals surface area contributed by atoms with Gasteiger partial charge in [-0.3, -0.25) is 18.9 Å². The lowest BCUT2D eigenvalue weighted by Crippen LogP contribution is -2.47. The molecule has 0 aromatic heterocycles. The molecular formula is C36H45F3N4O3S.